The van der Waals surface area contributed by atoms with Crippen LogP contribution < -0.4 is 15.2 Å². The normalized spacial score (nSPS) is 14.0. The number of thiophene rings is 1. The number of alkyl halides is 3. The fraction of sp³-hybridized carbons (Fsp3) is 0.289. The van der Waals surface area contributed by atoms with Crippen LogP contribution in [0.3, 0.4) is 0 Å². The van der Waals surface area contributed by atoms with E-state index >= 15 is 0 Å². The summed E-state index contributed by atoms with van der Waals surface area (Å²) in [6, 6.07) is 8.70. The maximum atomic E-state index is 14.1. The van der Waals surface area contributed by atoms with Gasteiger partial charge in [-0.1, -0.05) is 23.4 Å². The van der Waals surface area contributed by atoms with Gasteiger partial charge in [0, 0.05) is 72.7 Å². The average Bonchev–Trinajstić information content (AvgIpc) is 3.82. The Morgan fingerprint density at radius 1 is 1.16 bits per heavy atom. The highest BCUT2D eigenvalue weighted by atomic mass is 35.5. The van der Waals surface area contributed by atoms with Crippen molar-refractivity contribution in [3.8, 4) is 29.0 Å². The molecule has 14 nitrogen and oxygen atoms in total. The molecule has 6 aromatic rings. The van der Waals surface area contributed by atoms with E-state index < -0.39 is 34.2 Å². The van der Waals surface area contributed by atoms with E-state index in [4.69, 9.17) is 11.6 Å². The molecular weight excluding hydrogens is 817 g/mol. The van der Waals surface area contributed by atoms with Crippen molar-refractivity contribution in [3.05, 3.63) is 92.5 Å². The number of piperidine rings is 1. The van der Waals surface area contributed by atoms with Crippen LogP contribution in [0.25, 0.3) is 32.2 Å². The molecule has 0 spiro atoms. The molecule has 1 aliphatic rings. The zero-order chi connectivity index (χ0) is 41.5. The number of anilines is 1. The number of fused-ring (bicyclic) bond motifs is 2. The van der Waals surface area contributed by atoms with Gasteiger partial charge in [0.2, 0.25) is 0 Å². The summed E-state index contributed by atoms with van der Waals surface area (Å²) < 4.78 is 69.9. The second-order valence-electron chi connectivity index (χ2n) is 13.6. The van der Waals surface area contributed by atoms with E-state index in [-0.39, 0.29) is 64.1 Å². The van der Waals surface area contributed by atoms with E-state index in [0.717, 1.165) is 0 Å². The first-order valence-electron chi connectivity index (χ1n) is 17.6. The third-order valence-corrected chi connectivity index (χ3v) is 12.2. The predicted octanol–water partition coefficient (Wildman–Crippen LogP) is 5.27. The highest BCUT2D eigenvalue weighted by molar-refractivity contribution is 7.90. The van der Waals surface area contributed by atoms with E-state index in [9.17, 15) is 36.4 Å². The largest absolute Gasteiger partial charge is 0.401 e. The summed E-state index contributed by atoms with van der Waals surface area (Å²) >= 11 is 7.63. The van der Waals surface area contributed by atoms with Crippen LogP contribution in [0.15, 0.2) is 64.4 Å². The minimum atomic E-state index is -4.29. The van der Waals surface area contributed by atoms with Crippen LogP contribution in [0.4, 0.5) is 19.0 Å². The zero-order valence-electron chi connectivity index (χ0n) is 31.0. The lowest BCUT2D eigenvalue weighted by atomic mass is 10.00. The van der Waals surface area contributed by atoms with E-state index in [1.165, 1.54) is 55.7 Å². The van der Waals surface area contributed by atoms with Gasteiger partial charge >= 0.3 is 6.18 Å². The van der Waals surface area contributed by atoms with Crippen molar-refractivity contribution in [3.63, 3.8) is 0 Å². The molecule has 1 amide bonds. The van der Waals surface area contributed by atoms with Crippen LogP contribution in [-0.4, -0.2) is 87.2 Å². The number of aromatic nitrogens is 6. The molecule has 6 heterocycles. The quantitative estimate of drug-likeness (QED) is 0.198. The van der Waals surface area contributed by atoms with Crippen LogP contribution in [0.1, 0.15) is 40.2 Å². The number of carbonyl (C=O) groups is 1. The van der Waals surface area contributed by atoms with Gasteiger partial charge in [0.15, 0.2) is 5.03 Å². The molecule has 1 fully saturated rings. The minimum absolute atomic E-state index is 0.0111. The SMILES string of the molecule is Cc1nc2cnc(N(C)C3CCN(CC(F)(F)F)CC3)c(C#N)c2c(=O)n1CC#Cc1ccc(Cl)cc1-c1ccnc2c(C(=O)NS(=O)(=O)c3cn(C)cn3)csc12. The second-order valence-corrected chi connectivity index (χ2v) is 16.5. The molecule has 298 valence electrons. The molecule has 5 aromatic heterocycles. The number of likely N-dealkylation sites (tertiary alicyclic amines) is 1. The number of hydrogen-bond acceptors (Lipinski definition) is 12. The number of imidazole rings is 1. The molecular formula is C38H32ClF3N10O4S2. The molecule has 0 atom stereocenters. The van der Waals surface area contributed by atoms with Crippen molar-refractivity contribution in [1.82, 2.24) is 38.7 Å². The van der Waals surface area contributed by atoms with Gasteiger partial charge in [0.1, 0.15) is 23.3 Å². The fourth-order valence-corrected chi connectivity index (χ4v) is 9.04. The number of pyridine rings is 2. The molecule has 0 bridgehead atoms. The predicted molar refractivity (Wildman–Crippen MR) is 212 cm³/mol. The molecule has 0 saturated carbocycles. The van der Waals surface area contributed by atoms with Gasteiger partial charge in [-0.15, -0.1) is 11.3 Å². The Hall–Kier alpha value is -5.86. The highest BCUT2D eigenvalue weighted by Gasteiger charge is 2.34. The van der Waals surface area contributed by atoms with Crippen LogP contribution in [0, 0.1) is 30.1 Å². The number of nitrogens with one attached hydrogen (secondary N) is 1. The molecule has 58 heavy (non-hydrogen) atoms. The summed E-state index contributed by atoms with van der Waals surface area (Å²) in [5.74, 6) is 5.85. The van der Waals surface area contributed by atoms with Crippen LogP contribution in [-0.2, 0) is 23.6 Å². The van der Waals surface area contributed by atoms with Gasteiger partial charge < -0.3 is 9.47 Å². The third kappa shape index (κ3) is 8.12. The lowest BCUT2D eigenvalue weighted by Crippen LogP contribution is -2.46. The molecule has 0 aliphatic carbocycles. The number of benzene rings is 1. The summed E-state index contributed by atoms with van der Waals surface area (Å²) in [6.45, 7) is 0.995. The van der Waals surface area contributed by atoms with E-state index in [0.29, 0.717) is 45.1 Å². The van der Waals surface area contributed by atoms with Gasteiger partial charge in [-0.2, -0.15) is 26.9 Å². The molecule has 1 aromatic carbocycles. The maximum absolute atomic E-state index is 14.1. The summed E-state index contributed by atoms with van der Waals surface area (Å²) in [4.78, 5) is 47.6. The molecule has 7 rings (SSSR count). The van der Waals surface area contributed by atoms with Gasteiger partial charge in [-0.05, 0) is 44.0 Å². The van der Waals surface area contributed by atoms with Crippen molar-refractivity contribution >= 4 is 65.8 Å². The number of halogens is 4. The van der Waals surface area contributed by atoms with Crippen molar-refractivity contribution in [2.45, 2.75) is 43.6 Å². The van der Waals surface area contributed by atoms with Gasteiger partial charge in [0.05, 0.1) is 52.3 Å². The minimum Gasteiger partial charge on any atom is -0.355 e. The monoisotopic (exact) mass is 848 g/mol. The van der Waals surface area contributed by atoms with Crippen molar-refractivity contribution in [2.75, 3.05) is 31.6 Å². The molecule has 0 radical (unpaired) electrons. The van der Waals surface area contributed by atoms with E-state index in [1.807, 2.05) is 0 Å². The average molecular weight is 849 g/mol. The van der Waals surface area contributed by atoms with Crippen molar-refractivity contribution in [2.24, 2.45) is 7.05 Å². The Morgan fingerprint density at radius 3 is 2.60 bits per heavy atom. The lowest BCUT2D eigenvalue weighted by Gasteiger charge is -2.37. The van der Waals surface area contributed by atoms with E-state index in [2.05, 4.69) is 42.6 Å². The maximum Gasteiger partial charge on any atom is 0.401 e. The topological polar surface area (TPSA) is 172 Å². The number of hydrogen-bond donors (Lipinski definition) is 1. The Labute approximate surface area is 338 Å². The first-order chi connectivity index (χ1) is 27.5. The van der Waals surface area contributed by atoms with Crippen LogP contribution >= 0.6 is 22.9 Å². The number of sulfonamides is 1. The fourth-order valence-electron chi connectivity index (χ4n) is 6.89. The first-order valence-corrected chi connectivity index (χ1v) is 20.3. The standard InChI is InChI=1S/C38H32ClF3N10O4S2/c1-22-47-30-17-45-35(50(3)25-9-13-51(14-10-25)20-38(40,41)42)28(16-43)32(30)37(54)52(22)12-4-5-23-6-7-24(39)15-27(23)26-8-11-44-33-29(19-57-34(26)33)36(53)48-58(55,56)31-18-49(2)21-46-31/h6-8,11,15,17-19,21,25H,9-10,12-14,20H2,1-3H3,(H,48,53). The van der Waals surface area contributed by atoms with E-state index in [1.54, 1.807) is 50.2 Å². The smallest absolute Gasteiger partial charge is 0.355 e. The molecule has 1 aliphatic heterocycles. The highest BCUT2D eigenvalue weighted by Crippen LogP contribution is 2.37. The Kier molecular flexibility index (Phi) is 11.0. The summed E-state index contributed by atoms with van der Waals surface area (Å²) in [7, 11) is -0.937. The number of carbonyl (C=O) groups excluding carboxylic acids is 1. The summed E-state index contributed by atoms with van der Waals surface area (Å²) in [6.07, 6.45) is 2.02. The summed E-state index contributed by atoms with van der Waals surface area (Å²) in [5, 5.41) is 11.9. The Morgan fingerprint density at radius 2 is 1.91 bits per heavy atom. The van der Waals surface area contributed by atoms with Crippen LogP contribution in [0.2, 0.25) is 5.02 Å². The molecule has 20 heteroatoms. The van der Waals surface area contributed by atoms with Crippen molar-refractivity contribution < 1.29 is 26.4 Å². The second kappa shape index (κ2) is 15.8. The third-order valence-electron chi connectivity index (χ3n) is 9.74. The number of nitriles is 1. The molecule has 0 unspecified atom stereocenters. The first kappa shape index (κ1) is 40.3. The Balaban J connectivity index is 1.17. The number of aryl methyl sites for hydroxylation is 2. The summed E-state index contributed by atoms with van der Waals surface area (Å²) in [5.41, 5.74) is 1.78. The number of amides is 1. The Bertz CT molecular complexity index is 2890. The zero-order valence-corrected chi connectivity index (χ0v) is 33.4. The van der Waals surface area contributed by atoms with Gasteiger partial charge in [-0.3, -0.25) is 24.0 Å². The van der Waals surface area contributed by atoms with Gasteiger partial charge in [0.25, 0.3) is 21.5 Å². The number of rotatable bonds is 8. The lowest BCUT2D eigenvalue weighted by molar-refractivity contribution is -0.147. The van der Waals surface area contributed by atoms with Crippen molar-refractivity contribution in [1.29, 1.82) is 5.26 Å². The molecule has 1 saturated heterocycles. The molecule has 1 N–H and O–H groups in total. The van der Waals surface area contributed by atoms with Crippen LogP contribution in [0.5, 0.6) is 0 Å². The number of nitrogens with zero attached hydrogens (tertiary/aromatic N) is 9. The van der Waals surface area contributed by atoms with Gasteiger partial charge in [-0.25, -0.2) is 19.7 Å².